The van der Waals surface area contributed by atoms with Gasteiger partial charge in [-0.05, 0) is 100 Å². The van der Waals surface area contributed by atoms with Gasteiger partial charge >= 0.3 is 5.97 Å². The third kappa shape index (κ3) is 9.52. The van der Waals surface area contributed by atoms with Crippen LogP contribution in [0.1, 0.15) is 67.2 Å². The van der Waals surface area contributed by atoms with Crippen LogP contribution in [0.5, 0.6) is 0 Å². The highest BCUT2D eigenvalue weighted by Crippen LogP contribution is 2.38. The van der Waals surface area contributed by atoms with E-state index in [2.05, 4.69) is 11.8 Å². The minimum absolute atomic E-state index is 0.0889. The Labute approximate surface area is 283 Å². The molecule has 3 aliphatic rings. The van der Waals surface area contributed by atoms with Crippen LogP contribution in [0.15, 0.2) is 0 Å². The molecule has 1 N–H and O–H groups in total. The molecule has 47 heavy (non-hydrogen) atoms. The van der Waals surface area contributed by atoms with Crippen molar-refractivity contribution in [1.82, 2.24) is 19.6 Å². The van der Waals surface area contributed by atoms with Crippen LogP contribution >= 0.6 is 0 Å². The second kappa shape index (κ2) is 16.4. The van der Waals surface area contributed by atoms with E-state index < -0.39 is 41.4 Å². The van der Waals surface area contributed by atoms with Crippen LogP contribution in [0, 0.1) is 23.2 Å². The molecule has 272 valence electrons. The molecule has 0 aromatic carbocycles. The van der Waals surface area contributed by atoms with E-state index in [1.54, 1.807) is 27.9 Å². The third-order valence-corrected chi connectivity index (χ3v) is 10.7. The minimum Gasteiger partial charge on any atom is -0.463 e. The van der Waals surface area contributed by atoms with Crippen molar-refractivity contribution in [3.8, 4) is 0 Å². The monoisotopic (exact) mass is 668 g/mol. The van der Waals surface area contributed by atoms with Crippen LogP contribution in [0.4, 0.5) is 0 Å². The first-order chi connectivity index (χ1) is 21.8. The Bertz CT molecular complexity index is 1070. The van der Waals surface area contributed by atoms with E-state index in [1.165, 1.54) is 0 Å². The number of piperidine rings is 1. The molecular formula is C35H64N4O8. The van der Waals surface area contributed by atoms with Gasteiger partial charge in [0.25, 0.3) is 0 Å². The van der Waals surface area contributed by atoms with Gasteiger partial charge in [0, 0.05) is 44.7 Å². The highest BCUT2D eigenvalue weighted by molar-refractivity contribution is 6.04. The number of amides is 1. The van der Waals surface area contributed by atoms with Gasteiger partial charge in [-0.3, -0.25) is 19.3 Å². The largest absolute Gasteiger partial charge is 0.463 e. The van der Waals surface area contributed by atoms with E-state index in [1.807, 2.05) is 63.8 Å². The number of likely N-dealkylation sites (N-methyl/N-ethyl adjacent to an activating group) is 3. The van der Waals surface area contributed by atoms with Crippen molar-refractivity contribution < 1.29 is 38.4 Å². The number of carbonyl (C=O) groups is 3. The highest BCUT2D eigenvalue weighted by atomic mass is 16.7. The van der Waals surface area contributed by atoms with Gasteiger partial charge in [-0.15, -0.1) is 0 Å². The Kier molecular flexibility index (Phi) is 13.8. The zero-order valence-electron chi connectivity index (χ0n) is 31.2. The molecule has 0 spiro atoms. The molecule has 0 saturated carbocycles. The molecule has 12 nitrogen and oxygen atoms in total. The van der Waals surface area contributed by atoms with Crippen LogP contribution in [0.3, 0.4) is 0 Å². The maximum absolute atomic E-state index is 14.3. The lowest BCUT2D eigenvalue weighted by Gasteiger charge is -2.47. The number of Topliss-reactive ketones (excluding diaryl/α,β-unsaturated/α-hetero) is 1. The van der Waals surface area contributed by atoms with Gasteiger partial charge in [0.1, 0.15) is 18.1 Å². The summed E-state index contributed by atoms with van der Waals surface area (Å²) in [4.78, 5) is 49.0. The first kappa shape index (κ1) is 39.8. The average Bonchev–Trinajstić information content (AvgIpc) is 2.99. The summed E-state index contributed by atoms with van der Waals surface area (Å²) in [6.45, 7) is 13.5. The van der Waals surface area contributed by atoms with Crippen LogP contribution in [0.2, 0.25) is 0 Å². The predicted molar refractivity (Wildman–Crippen MR) is 180 cm³/mol. The van der Waals surface area contributed by atoms with Crippen molar-refractivity contribution in [2.75, 3.05) is 75.1 Å². The maximum atomic E-state index is 14.3. The minimum atomic E-state index is -1.47. The van der Waals surface area contributed by atoms with Crippen LogP contribution in [-0.2, 0) is 33.3 Å². The van der Waals surface area contributed by atoms with E-state index in [4.69, 9.17) is 18.9 Å². The molecule has 3 saturated heterocycles. The van der Waals surface area contributed by atoms with Gasteiger partial charge in [0.15, 0.2) is 12.1 Å². The van der Waals surface area contributed by atoms with Crippen molar-refractivity contribution >= 4 is 17.7 Å². The molecule has 0 aromatic heterocycles. The molecule has 12 heteroatoms. The molecule has 3 rings (SSSR count). The van der Waals surface area contributed by atoms with Crippen molar-refractivity contribution in [1.29, 1.82) is 0 Å². The number of rotatable bonds is 7. The number of cyclic esters (lactones) is 1. The molecule has 0 radical (unpaired) electrons. The molecule has 3 aliphatic heterocycles. The average molecular weight is 669 g/mol. The zero-order chi connectivity index (χ0) is 35.4. The summed E-state index contributed by atoms with van der Waals surface area (Å²) < 4.78 is 25.0. The number of hydrogen-bond acceptors (Lipinski definition) is 11. The van der Waals surface area contributed by atoms with E-state index in [0.717, 1.165) is 19.4 Å². The summed E-state index contributed by atoms with van der Waals surface area (Å²) >= 11 is 0. The third-order valence-electron chi connectivity index (χ3n) is 10.7. The van der Waals surface area contributed by atoms with Gasteiger partial charge in [-0.1, -0.05) is 13.8 Å². The number of hydrogen-bond donors (Lipinski definition) is 1. The van der Waals surface area contributed by atoms with Crippen molar-refractivity contribution in [3.05, 3.63) is 0 Å². The quantitative estimate of drug-likeness (QED) is 0.317. The smallest absolute Gasteiger partial charge is 0.319 e. The van der Waals surface area contributed by atoms with Gasteiger partial charge in [-0.25, -0.2) is 0 Å². The number of esters is 1. The number of aliphatic hydroxyl groups excluding tert-OH is 1. The first-order valence-electron chi connectivity index (χ1n) is 17.4. The maximum Gasteiger partial charge on any atom is 0.319 e. The number of ketones is 1. The summed E-state index contributed by atoms with van der Waals surface area (Å²) in [6, 6.07) is -0.334. The van der Waals surface area contributed by atoms with Gasteiger partial charge < -0.3 is 38.8 Å². The number of likely N-dealkylation sites (tertiary alicyclic amines) is 1. The standard InChI is InChI=1S/C35H64N4O8/c1-22-17-35(6,44-12)31(47-32-29(41)26(37(9)10)16-23(2)46-32)24(3)30(42)34(4,5)33(43)45-21-27(38(11)18-22)25-14-13-15-39(19-25)28(40)20-36(7)8/h22-27,29,31-32,41H,13-21H2,1-12H3/t22-,23-,24+,25+,26+,27+,29-,31-,32+,35-/m1/s1. The lowest BCUT2D eigenvalue weighted by molar-refractivity contribution is -0.295. The molecule has 0 bridgehead atoms. The van der Waals surface area contributed by atoms with Gasteiger partial charge in [-0.2, -0.15) is 0 Å². The molecule has 0 aromatic rings. The van der Waals surface area contributed by atoms with E-state index in [0.29, 0.717) is 32.5 Å². The van der Waals surface area contributed by atoms with Crippen LogP contribution < -0.4 is 0 Å². The summed E-state index contributed by atoms with van der Waals surface area (Å²) in [5, 5.41) is 11.3. The predicted octanol–water partition coefficient (Wildman–Crippen LogP) is 2.12. The molecule has 0 aliphatic carbocycles. The van der Waals surface area contributed by atoms with Crippen LogP contribution in [-0.4, -0.2) is 160 Å². The number of ether oxygens (including phenoxy) is 4. The summed E-state index contributed by atoms with van der Waals surface area (Å²) in [5.74, 6) is -1.42. The second-order valence-corrected chi connectivity index (χ2v) is 15.8. The zero-order valence-corrected chi connectivity index (χ0v) is 31.2. The number of methoxy groups -OCH3 is 1. The molecule has 10 atom stereocenters. The highest BCUT2D eigenvalue weighted by Gasteiger charge is 2.51. The second-order valence-electron chi connectivity index (χ2n) is 15.8. The lowest BCUT2D eigenvalue weighted by Crippen LogP contribution is -2.59. The Balaban J connectivity index is 1.96. The fourth-order valence-electron chi connectivity index (χ4n) is 7.98. The van der Waals surface area contributed by atoms with Crippen LogP contribution in [0.25, 0.3) is 0 Å². The summed E-state index contributed by atoms with van der Waals surface area (Å²) in [6.07, 6.45) is 0.0335. The normalized spacial score (nSPS) is 38.4. The van der Waals surface area contributed by atoms with Gasteiger partial charge in [0.05, 0.1) is 24.4 Å². The van der Waals surface area contributed by atoms with E-state index in [-0.39, 0.29) is 48.3 Å². The fraction of sp³-hybridized carbons (Fsp3) is 0.914. The summed E-state index contributed by atoms with van der Waals surface area (Å²) in [7, 11) is 11.3. The van der Waals surface area contributed by atoms with E-state index in [9.17, 15) is 19.5 Å². The number of carbonyl (C=O) groups excluding carboxylic acids is 3. The molecular weight excluding hydrogens is 604 g/mol. The fourth-order valence-corrected chi connectivity index (χ4v) is 7.98. The Morgan fingerprint density at radius 3 is 2.34 bits per heavy atom. The Morgan fingerprint density at radius 2 is 1.74 bits per heavy atom. The van der Waals surface area contributed by atoms with Crippen molar-refractivity contribution in [2.45, 2.75) is 110 Å². The SMILES string of the molecule is CO[C@]1(C)C[C@@H](C)CN(C)[C@H]([C@H]2CCCN(C(=O)CN(C)C)C2)COC(=O)C(C)(C)C(=O)[C@H](C)[C@H]1O[C@@H]1O[C@H](C)C[C@H](N(C)C)[C@H]1O. The van der Waals surface area contributed by atoms with Crippen molar-refractivity contribution in [2.24, 2.45) is 23.2 Å². The Hall–Kier alpha value is -1.67. The van der Waals surface area contributed by atoms with E-state index >= 15 is 0 Å². The molecule has 0 unspecified atom stereocenters. The van der Waals surface area contributed by atoms with Crippen molar-refractivity contribution in [3.63, 3.8) is 0 Å². The first-order valence-corrected chi connectivity index (χ1v) is 17.4. The Morgan fingerprint density at radius 1 is 1.09 bits per heavy atom. The molecule has 1 amide bonds. The molecule has 3 fully saturated rings. The number of aliphatic hydroxyl groups is 1. The lowest BCUT2D eigenvalue weighted by atomic mass is 9.74. The number of nitrogens with zero attached hydrogens (tertiary/aromatic N) is 4. The van der Waals surface area contributed by atoms with Gasteiger partial charge in [0.2, 0.25) is 5.91 Å². The topological polar surface area (TPSA) is 121 Å². The summed E-state index contributed by atoms with van der Waals surface area (Å²) in [5.41, 5.74) is -2.43. The molecule has 3 heterocycles.